The fraction of sp³-hybridized carbons (Fsp3) is 0.238. The molecule has 0 saturated carbocycles. The molecule has 3 aromatic rings. The standard InChI is InChI=1S/C21H22N2O2/c1-13-10-15(3)19-17(11-13)12-16(20(24)23-19)8-9-22-21(25)18-7-5-4-6-14(18)2/h4-7,10-12H,8-9H2,1-3H3,(H,22,25)(H,23,24). The van der Waals surface area contributed by atoms with Gasteiger partial charge in [0, 0.05) is 17.7 Å². The zero-order chi connectivity index (χ0) is 18.0. The van der Waals surface area contributed by atoms with Crippen LogP contribution in [0.2, 0.25) is 0 Å². The summed E-state index contributed by atoms with van der Waals surface area (Å²) in [6.07, 6.45) is 0.496. The second kappa shape index (κ2) is 6.93. The first-order chi connectivity index (χ1) is 12.0. The third-order valence-electron chi connectivity index (χ3n) is 4.44. The second-order valence-corrected chi connectivity index (χ2v) is 6.49. The van der Waals surface area contributed by atoms with Crippen molar-refractivity contribution >= 4 is 16.8 Å². The van der Waals surface area contributed by atoms with Gasteiger partial charge in [-0.3, -0.25) is 9.59 Å². The highest BCUT2D eigenvalue weighted by atomic mass is 16.1. The number of hydrogen-bond acceptors (Lipinski definition) is 2. The van der Waals surface area contributed by atoms with Gasteiger partial charge in [0.25, 0.3) is 11.5 Å². The van der Waals surface area contributed by atoms with E-state index in [9.17, 15) is 9.59 Å². The molecule has 0 bridgehead atoms. The highest BCUT2D eigenvalue weighted by Gasteiger charge is 2.09. The molecule has 0 atom stereocenters. The average molecular weight is 334 g/mol. The minimum atomic E-state index is -0.109. The van der Waals surface area contributed by atoms with Crippen molar-refractivity contribution in [3.8, 4) is 0 Å². The summed E-state index contributed by atoms with van der Waals surface area (Å²) < 4.78 is 0. The van der Waals surface area contributed by atoms with Crippen molar-refractivity contribution in [2.45, 2.75) is 27.2 Å². The van der Waals surface area contributed by atoms with Crippen molar-refractivity contribution in [1.29, 1.82) is 0 Å². The van der Waals surface area contributed by atoms with Gasteiger partial charge >= 0.3 is 0 Å². The van der Waals surface area contributed by atoms with Crippen LogP contribution in [0.15, 0.2) is 47.3 Å². The van der Waals surface area contributed by atoms with E-state index in [-0.39, 0.29) is 11.5 Å². The van der Waals surface area contributed by atoms with Crippen LogP contribution >= 0.6 is 0 Å². The summed E-state index contributed by atoms with van der Waals surface area (Å²) in [5, 5.41) is 3.92. The average Bonchev–Trinajstić information content (AvgIpc) is 2.56. The number of benzene rings is 2. The minimum absolute atomic E-state index is 0.0930. The van der Waals surface area contributed by atoms with E-state index in [1.807, 2.05) is 45.0 Å². The van der Waals surface area contributed by atoms with Gasteiger partial charge in [-0.25, -0.2) is 0 Å². The zero-order valence-electron chi connectivity index (χ0n) is 14.8. The van der Waals surface area contributed by atoms with Crippen LogP contribution in [0, 0.1) is 20.8 Å². The second-order valence-electron chi connectivity index (χ2n) is 6.49. The summed E-state index contributed by atoms with van der Waals surface area (Å²) >= 11 is 0. The maximum Gasteiger partial charge on any atom is 0.251 e. The topological polar surface area (TPSA) is 62.0 Å². The monoisotopic (exact) mass is 334 g/mol. The van der Waals surface area contributed by atoms with Gasteiger partial charge < -0.3 is 10.3 Å². The van der Waals surface area contributed by atoms with E-state index in [1.54, 1.807) is 6.07 Å². The van der Waals surface area contributed by atoms with Gasteiger partial charge in [-0.15, -0.1) is 0 Å². The number of aryl methyl sites for hydroxylation is 3. The van der Waals surface area contributed by atoms with E-state index < -0.39 is 0 Å². The van der Waals surface area contributed by atoms with E-state index in [2.05, 4.69) is 22.4 Å². The van der Waals surface area contributed by atoms with Crippen molar-refractivity contribution < 1.29 is 4.79 Å². The van der Waals surface area contributed by atoms with Crippen molar-refractivity contribution in [3.63, 3.8) is 0 Å². The highest BCUT2D eigenvalue weighted by Crippen LogP contribution is 2.18. The lowest BCUT2D eigenvalue weighted by molar-refractivity contribution is 0.0953. The molecule has 0 saturated heterocycles. The number of hydrogen-bond donors (Lipinski definition) is 2. The van der Waals surface area contributed by atoms with Gasteiger partial charge in [0.1, 0.15) is 0 Å². The number of nitrogens with one attached hydrogen (secondary N) is 2. The zero-order valence-corrected chi connectivity index (χ0v) is 14.8. The Kier molecular flexibility index (Phi) is 4.70. The van der Waals surface area contributed by atoms with Crippen LogP contribution < -0.4 is 10.9 Å². The predicted molar refractivity (Wildman–Crippen MR) is 101 cm³/mol. The van der Waals surface area contributed by atoms with E-state index >= 15 is 0 Å². The molecule has 0 fully saturated rings. The molecule has 25 heavy (non-hydrogen) atoms. The summed E-state index contributed by atoms with van der Waals surface area (Å²) in [5.41, 5.74) is 5.30. The summed E-state index contributed by atoms with van der Waals surface area (Å²) in [4.78, 5) is 27.5. The summed E-state index contributed by atoms with van der Waals surface area (Å²) in [6.45, 7) is 6.37. The molecule has 0 spiro atoms. The van der Waals surface area contributed by atoms with E-state index in [0.717, 1.165) is 27.6 Å². The number of H-pyrrole nitrogens is 1. The molecule has 1 aromatic heterocycles. The summed E-state index contributed by atoms with van der Waals surface area (Å²) in [5.74, 6) is -0.109. The molecule has 1 heterocycles. The molecule has 2 N–H and O–H groups in total. The maximum atomic E-state index is 12.3. The van der Waals surface area contributed by atoms with Crippen molar-refractivity contribution in [2.24, 2.45) is 0 Å². The molecular weight excluding hydrogens is 312 g/mol. The van der Waals surface area contributed by atoms with Crippen LogP contribution in [-0.4, -0.2) is 17.4 Å². The number of carbonyl (C=O) groups is 1. The maximum absolute atomic E-state index is 12.3. The predicted octanol–water partition coefficient (Wildman–Crippen LogP) is 3.43. The molecule has 4 nitrogen and oxygen atoms in total. The van der Waals surface area contributed by atoms with Crippen LogP contribution in [0.4, 0.5) is 0 Å². The third kappa shape index (κ3) is 3.63. The Morgan fingerprint density at radius 1 is 1.04 bits per heavy atom. The van der Waals surface area contributed by atoms with Gasteiger partial charge in [0.15, 0.2) is 0 Å². The molecule has 0 aliphatic carbocycles. The Balaban J connectivity index is 1.75. The molecule has 3 rings (SSSR count). The Bertz CT molecular complexity index is 1000. The van der Waals surface area contributed by atoms with E-state index in [1.165, 1.54) is 0 Å². The van der Waals surface area contributed by atoms with Crippen LogP contribution in [0.5, 0.6) is 0 Å². The molecule has 0 radical (unpaired) electrons. The Morgan fingerprint density at radius 2 is 1.80 bits per heavy atom. The number of aromatic nitrogens is 1. The lowest BCUT2D eigenvalue weighted by Crippen LogP contribution is -2.28. The molecule has 1 amide bonds. The van der Waals surface area contributed by atoms with Crippen LogP contribution in [0.25, 0.3) is 10.9 Å². The largest absolute Gasteiger partial charge is 0.352 e. The first kappa shape index (κ1) is 17.0. The number of fused-ring (bicyclic) bond motifs is 1. The Morgan fingerprint density at radius 3 is 2.56 bits per heavy atom. The Hall–Kier alpha value is -2.88. The minimum Gasteiger partial charge on any atom is -0.352 e. The van der Waals surface area contributed by atoms with Gasteiger partial charge in [0.2, 0.25) is 0 Å². The van der Waals surface area contributed by atoms with E-state index in [0.29, 0.717) is 24.1 Å². The number of aromatic amines is 1. The van der Waals surface area contributed by atoms with Gasteiger partial charge in [-0.2, -0.15) is 0 Å². The fourth-order valence-electron chi connectivity index (χ4n) is 3.15. The molecule has 0 unspecified atom stereocenters. The number of rotatable bonds is 4. The number of amides is 1. The van der Waals surface area contributed by atoms with Gasteiger partial charge in [0.05, 0.1) is 5.52 Å². The molecular formula is C21H22N2O2. The van der Waals surface area contributed by atoms with Crippen LogP contribution in [0.3, 0.4) is 0 Å². The summed E-state index contributed by atoms with van der Waals surface area (Å²) in [6, 6.07) is 13.5. The first-order valence-corrected chi connectivity index (χ1v) is 8.42. The molecule has 128 valence electrons. The highest BCUT2D eigenvalue weighted by molar-refractivity contribution is 5.95. The smallest absolute Gasteiger partial charge is 0.251 e. The summed E-state index contributed by atoms with van der Waals surface area (Å²) in [7, 11) is 0. The SMILES string of the molecule is Cc1cc(C)c2[nH]c(=O)c(CCNC(=O)c3ccccc3C)cc2c1. The lowest BCUT2D eigenvalue weighted by Gasteiger charge is -2.09. The van der Waals surface area contributed by atoms with Gasteiger partial charge in [-0.05, 0) is 61.9 Å². The molecule has 0 aliphatic heterocycles. The number of carbonyl (C=O) groups excluding carboxylic acids is 1. The Labute approximate surface area is 146 Å². The van der Waals surface area contributed by atoms with E-state index in [4.69, 9.17) is 0 Å². The lowest BCUT2D eigenvalue weighted by atomic mass is 10.0. The van der Waals surface area contributed by atoms with Crippen LogP contribution in [0.1, 0.15) is 32.6 Å². The van der Waals surface area contributed by atoms with Crippen molar-refractivity contribution in [2.75, 3.05) is 6.54 Å². The van der Waals surface area contributed by atoms with Gasteiger partial charge in [-0.1, -0.05) is 29.8 Å². The quantitative estimate of drug-likeness (QED) is 0.768. The fourth-order valence-corrected chi connectivity index (χ4v) is 3.15. The van der Waals surface area contributed by atoms with Crippen molar-refractivity contribution in [1.82, 2.24) is 10.3 Å². The molecule has 2 aromatic carbocycles. The normalized spacial score (nSPS) is 10.8. The molecule has 0 aliphatic rings. The van der Waals surface area contributed by atoms with Crippen LogP contribution in [-0.2, 0) is 6.42 Å². The molecule has 4 heteroatoms. The van der Waals surface area contributed by atoms with Crippen molar-refractivity contribution in [3.05, 3.63) is 80.6 Å². The first-order valence-electron chi connectivity index (χ1n) is 8.42. The number of pyridine rings is 1. The third-order valence-corrected chi connectivity index (χ3v) is 4.44.